The molecule has 0 atom stereocenters. The summed E-state index contributed by atoms with van der Waals surface area (Å²) >= 11 is 1.58. The molecule has 0 aliphatic carbocycles. The molecule has 2 heterocycles. The smallest absolute Gasteiger partial charge is 0.254 e. The van der Waals surface area contributed by atoms with Crippen molar-refractivity contribution in [2.24, 2.45) is 0 Å². The summed E-state index contributed by atoms with van der Waals surface area (Å²) < 4.78 is 0. The molecule has 0 saturated carbocycles. The molecule has 2 amide bonds. The Morgan fingerprint density at radius 1 is 1.17 bits per heavy atom. The summed E-state index contributed by atoms with van der Waals surface area (Å²) in [6, 6.07) is 7.51. The Labute approximate surface area is 146 Å². The van der Waals surface area contributed by atoms with Gasteiger partial charge in [0, 0.05) is 24.3 Å². The van der Waals surface area contributed by atoms with Crippen molar-refractivity contribution in [1.82, 2.24) is 4.90 Å². The molecule has 3 rings (SSSR count). The van der Waals surface area contributed by atoms with Crippen molar-refractivity contribution in [3.8, 4) is 0 Å². The molecule has 2 aromatic rings. The highest BCUT2D eigenvalue weighted by Gasteiger charge is 2.20. The third-order valence-electron chi connectivity index (χ3n) is 4.34. The van der Waals surface area contributed by atoms with Gasteiger partial charge in [-0.1, -0.05) is 6.07 Å². The summed E-state index contributed by atoms with van der Waals surface area (Å²) in [6.07, 6.45) is 3.69. The molecule has 5 heteroatoms. The number of nitrogens with zero attached hydrogens (tertiary/aromatic N) is 1. The molecule has 0 unspecified atom stereocenters. The predicted molar refractivity (Wildman–Crippen MR) is 97.6 cm³/mol. The number of likely N-dealkylation sites (tertiary alicyclic amines) is 1. The maximum atomic E-state index is 12.7. The minimum absolute atomic E-state index is 0.0615. The topological polar surface area (TPSA) is 49.4 Å². The summed E-state index contributed by atoms with van der Waals surface area (Å²) in [5.41, 5.74) is 3.32. The van der Waals surface area contributed by atoms with Crippen molar-refractivity contribution in [2.75, 3.05) is 18.4 Å². The van der Waals surface area contributed by atoms with E-state index in [0.717, 1.165) is 37.1 Å². The zero-order chi connectivity index (χ0) is 16.9. The zero-order valence-electron chi connectivity index (χ0n) is 13.9. The van der Waals surface area contributed by atoms with E-state index in [0.29, 0.717) is 17.7 Å². The van der Waals surface area contributed by atoms with Crippen molar-refractivity contribution in [1.29, 1.82) is 0 Å². The zero-order valence-corrected chi connectivity index (χ0v) is 14.7. The lowest BCUT2D eigenvalue weighted by atomic mass is 10.0. The first-order chi connectivity index (χ1) is 11.6. The highest BCUT2D eigenvalue weighted by molar-refractivity contribution is 7.08. The van der Waals surface area contributed by atoms with Gasteiger partial charge in [-0.25, -0.2) is 0 Å². The predicted octanol–water partition coefficient (Wildman–Crippen LogP) is 3.86. The van der Waals surface area contributed by atoms with Crippen molar-refractivity contribution >= 4 is 28.8 Å². The van der Waals surface area contributed by atoms with E-state index in [4.69, 9.17) is 0 Å². The van der Waals surface area contributed by atoms with E-state index in [2.05, 4.69) is 5.32 Å². The van der Waals surface area contributed by atoms with E-state index >= 15 is 0 Å². The highest BCUT2D eigenvalue weighted by atomic mass is 32.1. The van der Waals surface area contributed by atoms with Gasteiger partial charge in [-0.3, -0.25) is 9.59 Å². The summed E-state index contributed by atoms with van der Waals surface area (Å²) in [4.78, 5) is 26.8. The molecule has 4 nitrogen and oxygen atoms in total. The second-order valence-corrected chi connectivity index (χ2v) is 7.02. The Morgan fingerprint density at radius 2 is 1.96 bits per heavy atom. The number of hydrogen-bond acceptors (Lipinski definition) is 3. The van der Waals surface area contributed by atoms with Crippen molar-refractivity contribution in [2.45, 2.75) is 32.6 Å². The molecule has 24 heavy (non-hydrogen) atoms. The molecule has 1 aromatic heterocycles. The average molecular weight is 342 g/mol. The second-order valence-electron chi connectivity index (χ2n) is 6.24. The number of rotatable bonds is 4. The summed E-state index contributed by atoms with van der Waals surface area (Å²) in [7, 11) is 0. The Morgan fingerprint density at radius 3 is 2.67 bits per heavy atom. The Bertz CT molecular complexity index is 719. The van der Waals surface area contributed by atoms with Gasteiger partial charge in [0.05, 0.1) is 6.42 Å². The molecule has 0 radical (unpaired) electrons. The molecule has 1 fully saturated rings. The Hall–Kier alpha value is -2.14. The molecule has 1 aliphatic rings. The first kappa shape index (κ1) is 16.7. The Kier molecular flexibility index (Phi) is 5.30. The molecular formula is C19H22N2O2S. The number of benzene rings is 1. The molecule has 0 spiro atoms. The van der Waals surface area contributed by atoms with Crippen molar-refractivity contribution in [3.05, 3.63) is 51.7 Å². The van der Waals surface area contributed by atoms with E-state index in [9.17, 15) is 9.59 Å². The van der Waals surface area contributed by atoms with Crippen LogP contribution in [0.15, 0.2) is 35.0 Å². The van der Waals surface area contributed by atoms with Crippen LogP contribution in [0.2, 0.25) is 0 Å². The maximum Gasteiger partial charge on any atom is 0.254 e. The quantitative estimate of drug-likeness (QED) is 0.917. The lowest BCUT2D eigenvalue weighted by Gasteiger charge is -2.27. The van der Waals surface area contributed by atoms with Crippen LogP contribution in [0.4, 0.5) is 5.69 Å². The van der Waals surface area contributed by atoms with E-state index < -0.39 is 0 Å². The SMILES string of the molecule is Cc1ccc(NC(=O)Cc2ccsc2)cc1C(=O)N1CCCCC1. The fourth-order valence-electron chi connectivity index (χ4n) is 2.98. The van der Waals surface area contributed by atoms with Crippen LogP contribution in [0, 0.1) is 6.92 Å². The van der Waals surface area contributed by atoms with Gasteiger partial charge in [0.25, 0.3) is 5.91 Å². The number of thiophene rings is 1. The lowest BCUT2D eigenvalue weighted by Crippen LogP contribution is -2.36. The monoisotopic (exact) mass is 342 g/mol. The second kappa shape index (κ2) is 7.62. The number of nitrogens with one attached hydrogen (secondary N) is 1. The summed E-state index contributed by atoms with van der Waals surface area (Å²) in [5, 5.41) is 6.84. The summed E-state index contributed by atoms with van der Waals surface area (Å²) in [6.45, 7) is 3.59. The molecule has 1 N–H and O–H groups in total. The van der Waals surface area contributed by atoms with Crippen LogP contribution in [-0.2, 0) is 11.2 Å². The third kappa shape index (κ3) is 4.03. The summed E-state index contributed by atoms with van der Waals surface area (Å²) in [5.74, 6) is 0.00904. The van der Waals surface area contributed by atoms with Crippen LogP contribution in [0.3, 0.4) is 0 Å². The molecular weight excluding hydrogens is 320 g/mol. The number of anilines is 1. The van der Waals surface area contributed by atoms with Gasteiger partial charge in [0.2, 0.25) is 5.91 Å². The number of carbonyl (C=O) groups excluding carboxylic acids is 2. The van der Waals surface area contributed by atoms with Gasteiger partial charge in [-0.15, -0.1) is 0 Å². The molecule has 1 aliphatic heterocycles. The van der Waals surface area contributed by atoms with Crippen molar-refractivity contribution < 1.29 is 9.59 Å². The highest BCUT2D eigenvalue weighted by Crippen LogP contribution is 2.20. The Balaban J connectivity index is 1.71. The van der Waals surface area contributed by atoms with Crippen LogP contribution >= 0.6 is 11.3 Å². The molecule has 1 saturated heterocycles. The van der Waals surface area contributed by atoms with Gasteiger partial charge < -0.3 is 10.2 Å². The number of amides is 2. The van der Waals surface area contributed by atoms with E-state index in [1.165, 1.54) is 6.42 Å². The largest absolute Gasteiger partial charge is 0.339 e. The van der Waals surface area contributed by atoms with Crippen LogP contribution in [0.1, 0.15) is 40.7 Å². The minimum atomic E-state index is -0.0615. The van der Waals surface area contributed by atoms with Gasteiger partial charge in [-0.2, -0.15) is 11.3 Å². The normalized spacial score (nSPS) is 14.5. The lowest BCUT2D eigenvalue weighted by molar-refractivity contribution is -0.115. The van der Waals surface area contributed by atoms with Crippen LogP contribution in [-0.4, -0.2) is 29.8 Å². The number of aryl methyl sites for hydroxylation is 1. The van der Waals surface area contributed by atoms with Crippen LogP contribution < -0.4 is 5.32 Å². The first-order valence-corrected chi connectivity index (χ1v) is 9.28. The minimum Gasteiger partial charge on any atom is -0.339 e. The standard InChI is InChI=1S/C19H22N2O2S/c1-14-5-6-16(20-18(22)11-15-7-10-24-13-15)12-17(14)19(23)21-8-3-2-4-9-21/h5-7,10,12-13H,2-4,8-9,11H2,1H3,(H,20,22). The fourth-order valence-corrected chi connectivity index (χ4v) is 3.65. The van der Waals surface area contributed by atoms with Crippen LogP contribution in [0.5, 0.6) is 0 Å². The molecule has 1 aromatic carbocycles. The number of piperidine rings is 1. The van der Waals surface area contributed by atoms with Crippen LogP contribution in [0.25, 0.3) is 0 Å². The van der Waals surface area contributed by atoms with Gasteiger partial charge in [0.1, 0.15) is 0 Å². The van der Waals surface area contributed by atoms with E-state index in [-0.39, 0.29) is 11.8 Å². The molecule has 0 bridgehead atoms. The number of carbonyl (C=O) groups is 2. The van der Waals surface area contributed by atoms with E-state index in [1.54, 1.807) is 17.4 Å². The fraction of sp³-hybridized carbons (Fsp3) is 0.368. The maximum absolute atomic E-state index is 12.7. The van der Waals surface area contributed by atoms with E-state index in [1.807, 2.05) is 40.8 Å². The number of hydrogen-bond donors (Lipinski definition) is 1. The third-order valence-corrected chi connectivity index (χ3v) is 5.07. The average Bonchev–Trinajstić information content (AvgIpc) is 3.09. The first-order valence-electron chi connectivity index (χ1n) is 8.34. The molecule has 126 valence electrons. The van der Waals surface area contributed by atoms with Gasteiger partial charge in [0.15, 0.2) is 0 Å². The van der Waals surface area contributed by atoms with Gasteiger partial charge >= 0.3 is 0 Å². The van der Waals surface area contributed by atoms with Gasteiger partial charge in [-0.05, 0) is 66.3 Å². The van der Waals surface area contributed by atoms with Crippen molar-refractivity contribution in [3.63, 3.8) is 0 Å².